The van der Waals surface area contributed by atoms with E-state index in [-0.39, 0.29) is 36.7 Å². The Morgan fingerprint density at radius 1 is 1.19 bits per heavy atom. The highest BCUT2D eigenvalue weighted by atomic mass is 16.5. The third-order valence-corrected chi connectivity index (χ3v) is 4.78. The number of rotatable bonds is 6. The lowest BCUT2D eigenvalue weighted by Gasteiger charge is -2.37. The molecule has 2 aromatic rings. The summed E-state index contributed by atoms with van der Waals surface area (Å²) in [6.07, 6.45) is 2.46. The summed E-state index contributed by atoms with van der Waals surface area (Å²) in [5.41, 5.74) is 2.09. The van der Waals surface area contributed by atoms with Gasteiger partial charge in [0.1, 0.15) is 5.75 Å². The van der Waals surface area contributed by atoms with Crippen molar-refractivity contribution in [2.24, 2.45) is 0 Å². The normalized spacial score (nSPS) is 16.1. The minimum Gasteiger partial charge on any atom is -0.497 e. The standard InChI is InChI=1S/C21H27N3O3/c1-15(2)22-19(25)9-10-20(26)24-13-12-23-11-5-8-18(23)21(24)16-6-4-7-17(14-16)27-3/h4-8,11,14-15,21H,9-10,12-13H2,1-3H3,(H,22,25). The highest BCUT2D eigenvalue weighted by Crippen LogP contribution is 2.34. The minimum absolute atomic E-state index is 0.00539. The quantitative estimate of drug-likeness (QED) is 0.852. The number of amides is 2. The van der Waals surface area contributed by atoms with Gasteiger partial charge in [0.15, 0.2) is 0 Å². The van der Waals surface area contributed by atoms with Crippen LogP contribution in [-0.4, -0.2) is 41.0 Å². The Morgan fingerprint density at radius 2 is 2.00 bits per heavy atom. The molecule has 0 fully saturated rings. The number of benzene rings is 1. The third kappa shape index (κ3) is 4.32. The fraction of sp³-hybridized carbons (Fsp3) is 0.429. The smallest absolute Gasteiger partial charge is 0.223 e. The summed E-state index contributed by atoms with van der Waals surface area (Å²) in [5, 5.41) is 2.84. The van der Waals surface area contributed by atoms with Crippen molar-refractivity contribution >= 4 is 11.8 Å². The highest BCUT2D eigenvalue weighted by molar-refractivity contribution is 5.84. The van der Waals surface area contributed by atoms with Crippen molar-refractivity contribution in [2.45, 2.75) is 45.3 Å². The number of carbonyl (C=O) groups excluding carboxylic acids is 2. The number of fused-ring (bicyclic) bond motifs is 1. The number of ether oxygens (including phenoxy) is 1. The van der Waals surface area contributed by atoms with Gasteiger partial charge in [0.2, 0.25) is 11.8 Å². The molecule has 0 bridgehead atoms. The molecule has 1 aromatic carbocycles. The fourth-order valence-corrected chi connectivity index (χ4v) is 3.57. The molecule has 1 atom stereocenters. The van der Waals surface area contributed by atoms with Crippen molar-refractivity contribution in [2.75, 3.05) is 13.7 Å². The molecule has 1 aromatic heterocycles. The summed E-state index contributed by atoms with van der Waals surface area (Å²) in [5.74, 6) is 0.672. The van der Waals surface area contributed by atoms with E-state index in [0.717, 1.165) is 23.6 Å². The number of methoxy groups -OCH3 is 1. The second kappa shape index (κ2) is 8.29. The van der Waals surface area contributed by atoms with Crippen molar-refractivity contribution < 1.29 is 14.3 Å². The van der Waals surface area contributed by atoms with E-state index >= 15 is 0 Å². The summed E-state index contributed by atoms with van der Waals surface area (Å²) in [4.78, 5) is 26.8. The number of aromatic nitrogens is 1. The van der Waals surface area contributed by atoms with Crippen LogP contribution in [0.2, 0.25) is 0 Å². The third-order valence-electron chi connectivity index (χ3n) is 4.78. The lowest BCUT2D eigenvalue weighted by Crippen LogP contribution is -2.42. The molecule has 3 rings (SSSR count). The van der Waals surface area contributed by atoms with Crippen LogP contribution in [0.3, 0.4) is 0 Å². The van der Waals surface area contributed by atoms with E-state index in [0.29, 0.717) is 6.54 Å². The second-order valence-electron chi connectivity index (χ2n) is 7.11. The predicted molar refractivity (Wildman–Crippen MR) is 103 cm³/mol. The molecular formula is C21H27N3O3. The first-order valence-electron chi connectivity index (χ1n) is 9.37. The maximum Gasteiger partial charge on any atom is 0.223 e. The van der Waals surface area contributed by atoms with Crippen molar-refractivity contribution in [3.63, 3.8) is 0 Å². The van der Waals surface area contributed by atoms with Gasteiger partial charge in [0.05, 0.1) is 13.2 Å². The van der Waals surface area contributed by atoms with E-state index in [1.165, 1.54) is 0 Å². The molecule has 0 saturated heterocycles. The second-order valence-corrected chi connectivity index (χ2v) is 7.11. The van der Waals surface area contributed by atoms with Gasteiger partial charge in [0, 0.05) is 43.9 Å². The van der Waals surface area contributed by atoms with Crippen LogP contribution >= 0.6 is 0 Å². The largest absolute Gasteiger partial charge is 0.497 e. The molecule has 1 unspecified atom stereocenters. The van der Waals surface area contributed by atoms with Gasteiger partial charge in [-0.05, 0) is 43.7 Å². The zero-order chi connectivity index (χ0) is 19.4. The van der Waals surface area contributed by atoms with Gasteiger partial charge in [-0.3, -0.25) is 9.59 Å². The molecule has 1 N–H and O–H groups in total. The number of nitrogens with zero attached hydrogens (tertiary/aromatic N) is 2. The lowest BCUT2D eigenvalue weighted by molar-refractivity contribution is -0.136. The number of carbonyl (C=O) groups is 2. The summed E-state index contributed by atoms with van der Waals surface area (Å²) >= 11 is 0. The molecule has 2 amide bonds. The Labute approximate surface area is 160 Å². The molecule has 0 spiro atoms. The van der Waals surface area contributed by atoms with Crippen LogP contribution in [0, 0.1) is 0 Å². The fourth-order valence-electron chi connectivity index (χ4n) is 3.57. The Hall–Kier alpha value is -2.76. The van der Waals surface area contributed by atoms with Crippen LogP contribution in [0.4, 0.5) is 0 Å². The lowest BCUT2D eigenvalue weighted by atomic mass is 9.99. The van der Waals surface area contributed by atoms with Crippen molar-refractivity contribution in [1.29, 1.82) is 0 Å². The molecule has 0 saturated carbocycles. The Kier molecular flexibility index (Phi) is 5.84. The molecule has 144 valence electrons. The van der Waals surface area contributed by atoms with Crippen LogP contribution < -0.4 is 10.1 Å². The average Bonchev–Trinajstić information content (AvgIpc) is 3.13. The van der Waals surface area contributed by atoms with Crippen molar-refractivity contribution in [3.8, 4) is 5.75 Å². The van der Waals surface area contributed by atoms with Crippen LogP contribution in [-0.2, 0) is 16.1 Å². The molecule has 6 nitrogen and oxygen atoms in total. The first-order chi connectivity index (χ1) is 13.0. The SMILES string of the molecule is COc1cccc(C2c3cccn3CCN2C(=O)CCC(=O)NC(C)C)c1. The monoisotopic (exact) mass is 369 g/mol. The Bertz CT molecular complexity index is 813. The molecule has 0 radical (unpaired) electrons. The number of hydrogen-bond acceptors (Lipinski definition) is 3. The van der Waals surface area contributed by atoms with Crippen molar-refractivity contribution in [1.82, 2.24) is 14.8 Å². The maximum absolute atomic E-state index is 13.0. The van der Waals surface area contributed by atoms with Gasteiger partial charge in [0.25, 0.3) is 0 Å². The summed E-state index contributed by atoms with van der Waals surface area (Å²) in [6, 6.07) is 11.8. The molecule has 1 aliphatic heterocycles. The number of nitrogens with one attached hydrogen (secondary N) is 1. The van der Waals surface area contributed by atoms with Gasteiger partial charge >= 0.3 is 0 Å². The summed E-state index contributed by atoms with van der Waals surface area (Å²) in [6.45, 7) is 5.20. The van der Waals surface area contributed by atoms with E-state index < -0.39 is 0 Å². The van der Waals surface area contributed by atoms with Gasteiger partial charge < -0.3 is 19.5 Å². The highest BCUT2D eigenvalue weighted by Gasteiger charge is 2.32. The molecule has 27 heavy (non-hydrogen) atoms. The van der Waals surface area contributed by atoms with Crippen LogP contribution in [0.1, 0.15) is 44.0 Å². The maximum atomic E-state index is 13.0. The zero-order valence-corrected chi connectivity index (χ0v) is 16.1. The average molecular weight is 369 g/mol. The molecular weight excluding hydrogens is 342 g/mol. The molecule has 0 aliphatic carbocycles. The predicted octanol–water partition coefficient (Wildman–Crippen LogP) is 2.73. The van der Waals surface area contributed by atoms with Gasteiger partial charge in [-0.15, -0.1) is 0 Å². The minimum atomic E-state index is -0.176. The van der Waals surface area contributed by atoms with E-state index in [1.54, 1.807) is 7.11 Å². The van der Waals surface area contributed by atoms with Gasteiger partial charge in [-0.1, -0.05) is 12.1 Å². The van der Waals surface area contributed by atoms with Gasteiger partial charge in [-0.2, -0.15) is 0 Å². The van der Waals surface area contributed by atoms with Crippen LogP contribution in [0.25, 0.3) is 0 Å². The zero-order valence-electron chi connectivity index (χ0n) is 16.1. The first kappa shape index (κ1) is 19.0. The van der Waals surface area contributed by atoms with Crippen LogP contribution in [0.5, 0.6) is 5.75 Å². The van der Waals surface area contributed by atoms with Crippen LogP contribution in [0.15, 0.2) is 42.6 Å². The van der Waals surface area contributed by atoms with E-state index in [2.05, 4.69) is 16.0 Å². The summed E-state index contributed by atoms with van der Waals surface area (Å²) < 4.78 is 7.54. The van der Waals surface area contributed by atoms with Crippen molar-refractivity contribution in [3.05, 3.63) is 53.9 Å². The van der Waals surface area contributed by atoms with E-state index in [1.807, 2.05) is 55.3 Å². The number of hydrogen-bond donors (Lipinski definition) is 1. The van der Waals surface area contributed by atoms with E-state index in [9.17, 15) is 9.59 Å². The summed E-state index contributed by atoms with van der Waals surface area (Å²) in [7, 11) is 1.64. The van der Waals surface area contributed by atoms with Gasteiger partial charge in [-0.25, -0.2) is 0 Å². The topological polar surface area (TPSA) is 63.6 Å². The Morgan fingerprint density at radius 3 is 2.74 bits per heavy atom. The molecule has 6 heteroatoms. The molecule has 2 heterocycles. The van der Waals surface area contributed by atoms with E-state index in [4.69, 9.17) is 4.74 Å². The molecule has 1 aliphatic rings. The first-order valence-corrected chi connectivity index (χ1v) is 9.37. The Balaban J connectivity index is 1.82.